The zero-order valence-electron chi connectivity index (χ0n) is 14.5. The molecule has 0 radical (unpaired) electrons. The maximum absolute atomic E-state index is 10.5. The first-order chi connectivity index (χ1) is 13.9. The van der Waals surface area contributed by atoms with Crippen molar-refractivity contribution in [2.24, 2.45) is 0 Å². The number of nitrogens with zero attached hydrogens (tertiary/aromatic N) is 4. The van der Waals surface area contributed by atoms with Crippen LogP contribution in [0.15, 0.2) is 36.4 Å². The molecule has 0 fully saturated rings. The first-order valence-electron chi connectivity index (χ1n) is 7.16. The summed E-state index contributed by atoms with van der Waals surface area (Å²) in [5.41, 5.74) is -5.50. The van der Waals surface area contributed by atoms with E-state index in [0.29, 0.717) is 0 Å². The SMILES string of the molecule is O=C([O-])c1cccc([N+](=O)[O-])c1[N+](=O)[O-].O=C([O-])c1cccc([N+](=O)[O-])c1[N+](=O)[O-].[Ni+2]. The Bertz CT molecular complexity index is 937. The van der Waals surface area contributed by atoms with Crippen molar-refractivity contribution in [2.75, 3.05) is 0 Å². The van der Waals surface area contributed by atoms with Crippen molar-refractivity contribution in [3.63, 3.8) is 0 Å². The van der Waals surface area contributed by atoms with Gasteiger partial charge < -0.3 is 19.8 Å². The third-order valence-electron chi connectivity index (χ3n) is 3.23. The smallest absolute Gasteiger partial charge is 0.545 e. The first-order valence-corrected chi connectivity index (χ1v) is 7.16. The molecule has 0 atom stereocenters. The van der Waals surface area contributed by atoms with Crippen LogP contribution >= 0.6 is 0 Å². The van der Waals surface area contributed by atoms with Gasteiger partial charge in [-0.25, -0.2) is 0 Å². The molecule has 2 aromatic rings. The fraction of sp³-hybridized carbons (Fsp3) is 0. The molecule has 0 aliphatic rings. The molecule has 16 nitrogen and oxygen atoms in total. The van der Waals surface area contributed by atoms with Gasteiger partial charge in [0.05, 0.1) is 42.8 Å². The van der Waals surface area contributed by atoms with Crippen molar-refractivity contribution in [3.05, 3.63) is 88.0 Å². The van der Waals surface area contributed by atoms with Crippen molar-refractivity contribution in [1.82, 2.24) is 0 Å². The minimum absolute atomic E-state index is 0. The third kappa shape index (κ3) is 6.23. The predicted octanol–water partition coefficient (Wildman–Crippen LogP) is -0.270. The fourth-order valence-electron chi connectivity index (χ4n) is 2.07. The average Bonchev–Trinajstić information content (AvgIpc) is 2.66. The summed E-state index contributed by atoms with van der Waals surface area (Å²) in [6, 6.07) is 5.53. The van der Waals surface area contributed by atoms with E-state index in [1.165, 1.54) is 0 Å². The zero-order valence-corrected chi connectivity index (χ0v) is 15.5. The van der Waals surface area contributed by atoms with Gasteiger partial charge in [0.15, 0.2) is 0 Å². The quantitative estimate of drug-likeness (QED) is 0.294. The molecule has 0 spiro atoms. The van der Waals surface area contributed by atoms with Gasteiger partial charge in [0.25, 0.3) is 0 Å². The normalized spacial score (nSPS) is 9.29. The molecule has 0 amide bonds. The number of aromatic carboxylic acids is 2. The minimum Gasteiger partial charge on any atom is -0.545 e. The minimum atomic E-state index is -1.83. The Morgan fingerprint density at radius 2 is 0.871 bits per heavy atom. The summed E-state index contributed by atoms with van der Waals surface area (Å²) in [5.74, 6) is -3.66. The Balaban J connectivity index is 0.000000562. The fourth-order valence-corrected chi connectivity index (χ4v) is 2.07. The standard InChI is InChI=1S/2C7H4N2O6.Ni/c2*10-7(11)4-2-1-3-5(8(12)13)6(4)9(14)15;/h2*1-3H,(H,10,11);/q;;+2/p-2. The number of nitro benzene ring substituents is 4. The molecule has 0 aliphatic carbocycles. The van der Waals surface area contributed by atoms with Crippen LogP contribution in [0, 0.1) is 40.5 Å². The van der Waals surface area contributed by atoms with E-state index >= 15 is 0 Å². The summed E-state index contributed by atoms with van der Waals surface area (Å²) in [6.07, 6.45) is 0. The number of carbonyl (C=O) groups excluding carboxylic acids is 2. The van der Waals surface area contributed by atoms with Gasteiger partial charge in [0.1, 0.15) is 0 Å². The Morgan fingerprint density at radius 3 is 1.06 bits per heavy atom. The largest absolute Gasteiger partial charge is 2.00 e. The van der Waals surface area contributed by atoms with Crippen molar-refractivity contribution in [1.29, 1.82) is 0 Å². The Morgan fingerprint density at radius 1 is 0.581 bits per heavy atom. The van der Waals surface area contributed by atoms with Gasteiger partial charge in [0, 0.05) is 12.1 Å². The van der Waals surface area contributed by atoms with Crippen LogP contribution < -0.4 is 10.2 Å². The predicted molar refractivity (Wildman–Crippen MR) is 88.2 cm³/mol. The average molecular weight is 481 g/mol. The van der Waals surface area contributed by atoms with E-state index in [2.05, 4.69) is 0 Å². The second-order valence-electron chi connectivity index (χ2n) is 4.95. The molecule has 0 saturated heterocycles. The molecule has 0 unspecified atom stereocenters. The molecule has 31 heavy (non-hydrogen) atoms. The second kappa shape index (κ2) is 10.9. The van der Waals surface area contributed by atoms with Gasteiger partial charge in [-0.2, -0.15) is 0 Å². The maximum atomic E-state index is 10.5. The molecular weight excluding hydrogens is 475 g/mol. The summed E-state index contributed by atoms with van der Waals surface area (Å²) in [4.78, 5) is 58.3. The van der Waals surface area contributed by atoms with Crippen LogP contribution in [0.2, 0.25) is 0 Å². The van der Waals surface area contributed by atoms with Gasteiger partial charge in [-0.05, 0) is 12.1 Å². The van der Waals surface area contributed by atoms with E-state index < -0.39 is 65.5 Å². The summed E-state index contributed by atoms with van der Waals surface area (Å²) in [6.45, 7) is 0. The Hall–Kier alpha value is -4.53. The van der Waals surface area contributed by atoms with E-state index in [4.69, 9.17) is 0 Å². The van der Waals surface area contributed by atoms with Gasteiger partial charge in [-0.3, -0.25) is 40.5 Å². The number of carbonyl (C=O) groups is 2. The van der Waals surface area contributed by atoms with Crippen LogP contribution in [-0.4, -0.2) is 31.6 Å². The van der Waals surface area contributed by atoms with E-state index in [-0.39, 0.29) is 16.5 Å². The Labute approximate surface area is 179 Å². The third-order valence-corrected chi connectivity index (χ3v) is 3.23. The molecule has 17 heteroatoms. The molecule has 2 rings (SSSR count). The van der Waals surface area contributed by atoms with E-state index in [0.717, 1.165) is 36.4 Å². The number of rotatable bonds is 6. The van der Waals surface area contributed by atoms with E-state index in [1.807, 2.05) is 0 Å². The van der Waals surface area contributed by atoms with Crippen LogP contribution in [0.4, 0.5) is 22.7 Å². The van der Waals surface area contributed by atoms with Crippen molar-refractivity contribution >= 4 is 34.7 Å². The van der Waals surface area contributed by atoms with Crippen LogP contribution in [0.3, 0.4) is 0 Å². The topological polar surface area (TPSA) is 253 Å². The molecular formula is C14H6N4NiO12. The number of nitro groups is 4. The monoisotopic (exact) mass is 480 g/mol. The van der Waals surface area contributed by atoms with Crippen LogP contribution in [-0.2, 0) is 16.5 Å². The molecule has 164 valence electrons. The summed E-state index contributed by atoms with van der Waals surface area (Å²) < 4.78 is 0. The van der Waals surface area contributed by atoms with Gasteiger partial charge in [-0.1, -0.05) is 12.1 Å². The summed E-state index contributed by atoms with van der Waals surface area (Å²) in [5, 5.41) is 62.6. The van der Waals surface area contributed by atoms with Crippen LogP contribution in [0.5, 0.6) is 0 Å². The number of para-hydroxylation sites is 2. The molecule has 0 N–H and O–H groups in total. The summed E-state index contributed by atoms with van der Waals surface area (Å²) >= 11 is 0. The molecule has 2 aromatic carbocycles. The van der Waals surface area contributed by atoms with Gasteiger partial charge >= 0.3 is 39.2 Å². The number of carboxylic acids is 2. The first kappa shape index (κ1) is 26.5. The van der Waals surface area contributed by atoms with Crippen molar-refractivity contribution < 1.29 is 56.0 Å². The maximum Gasteiger partial charge on any atom is 2.00 e. The Kier molecular flexibility index (Phi) is 9.28. The molecule has 0 aliphatic heterocycles. The van der Waals surface area contributed by atoms with Gasteiger partial charge in [-0.15, -0.1) is 0 Å². The van der Waals surface area contributed by atoms with E-state index in [1.54, 1.807) is 0 Å². The number of carboxylic acid groups (broad SMARTS) is 2. The van der Waals surface area contributed by atoms with Crippen molar-refractivity contribution in [3.8, 4) is 0 Å². The molecule has 0 aromatic heterocycles. The molecule has 0 heterocycles. The second-order valence-corrected chi connectivity index (χ2v) is 4.95. The van der Waals surface area contributed by atoms with Crippen LogP contribution in [0.1, 0.15) is 20.7 Å². The number of hydrogen-bond acceptors (Lipinski definition) is 12. The van der Waals surface area contributed by atoms with Gasteiger partial charge in [0.2, 0.25) is 0 Å². The van der Waals surface area contributed by atoms with E-state index in [9.17, 15) is 60.3 Å². The molecule has 0 saturated carbocycles. The number of hydrogen-bond donors (Lipinski definition) is 0. The van der Waals surface area contributed by atoms with Crippen molar-refractivity contribution in [2.45, 2.75) is 0 Å². The van der Waals surface area contributed by atoms with Crippen LogP contribution in [0.25, 0.3) is 0 Å². The summed E-state index contributed by atoms with van der Waals surface area (Å²) in [7, 11) is 0. The molecule has 0 bridgehead atoms. The number of benzene rings is 2. The zero-order chi connectivity index (χ0) is 23.2.